The molecule has 0 aliphatic carbocycles. The van der Waals surface area contributed by atoms with Gasteiger partial charge in [-0.2, -0.15) is 0 Å². The Balaban J connectivity index is 2.04. The van der Waals surface area contributed by atoms with Gasteiger partial charge in [-0.05, 0) is 19.9 Å². The maximum atomic E-state index is 5.95. The average Bonchev–Trinajstić information content (AvgIpc) is 2.45. The van der Waals surface area contributed by atoms with Crippen molar-refractivity contribution >= 4 is 22.2 Å². The number of aromatic nitrogens is 2. The summed E-state index contributed by atoms with van der Waals surface area (Å²) in [5, 5.41) is -0.0126. The van der Waals surface area contributed by atoms with E-state index in [4.69, 9.17) is 4.65 Å². The fourth-order valence-electron chi connectivity index (χ4n) is 1.53. The lowest BCUT2D eigenvalue weighted by atomic mass is 9.83. The second kappa shape index (κ2) is 6.25. The van der Waals surface area contributed by atoms with Crippen molar-refractivity contribution in [3.8, 4) is 11.4 Å². The van der Waals surface area contributed by atoms with E-state index < -0.39 is 0 Å². The lowest BCUT2D eigenvalue weighted by Gasteiger charge is -2.39. The van der Waals surface area contributed by atoms with Crippen molar-refractivity contribution in [1.29, 1.82) is 0 Å². The standard InChI is InChI=1S/C16H21BN2OP/c1-15(2,16(3,4)21)20-17-13-8-6-12(7-9-13)14-18-10-5-11-19-14/h5-11H,21H2,1-4H3. The molecule has 3 nitrogen and oxygen atoms in total. The van der Waals surface area contributed by atoms with E-state index in [0.29, 0.717) is 0 Å². The highest BCUT2D eigenvalue weighted by Gasteiger charge is 2.33. The van der Waals surface area contributed by atoms with Gasteiger partial charge in [-0.25, -0.2) is 9.97 Å². The van der Waals surface area contributed by atoms with Gasteiger partial charge in [0.25, 0.3) is 0 Å². The topological polar surface area (TPSA) is 35.0 Å². The van der Waals surface area contributed by atoms with Gasteiger partial charge in [0, 0.05) is 23.1 Å². The Morgan fingerprint density at radius 3 is 2.10 bits per heavy atom. The van der Waals surface area contributed by atoms with Gasteiger partial charge in [0.1, 0.15) is 0 Å². The molecular formula is C16H21BN2OP. The third kappa shape index (κ3) is 4.12. The van der Waals surface area contributed by atoms with Gasteiger partial charge in [0.05, 0.1) is 5.60 Å². The monoisotopic (exact) mass is 299 g/mol. The Bertz CT molecular complexity index is 579. The van der Waals surface area contributed by atoms with E-state index in [0.717, 1.165) is 16.9 Å². The third-order valence-electron chi connectivity index (χ3n) is 3.78. The molecule has 1 heterocycles. The molecule has 1 atom stereocenters. The summed E-state index contributed by atoms with van der Waals surface area (Å²) < 4.78 is 5.95. The molecule has 0 aliphatic heterocycles. The highest BCUT2D eigenvalue weighted by atomic mass is 31.0. The zero-order valence-corrected chi connectivity index (χ0v) is 14.2. The number of rotatable bonds is 5. The van der Waals surface area contributed by atoms with Crippen LogP contribution < -0.4 is 5.46 Å². The number of hydrogen-bond acceptors (Lipinski definition) is 3. The van der Waals surface area contributed by atoms with Gasteiger partial charge in [-0.15, -0.1) is 9.24 Å². The van der Waals surface area contributed by atoms with Crippen molar-refractivity contribution in [1.82, 2.24) is 9.97 Å². The van der Waals surface area contributed by atoms with Gasteiger partial charge in [-0.1, -0.05) is 43.6 Å². The summed E-state index contributed by atoms with van der Waals surface area (Å²) >= 11 is 0. The fourth-order valence-corrected chi connectivity index (χ4v) is 1.59. The van der Waals surface area contributed by atoms with Crippen LogP contribution in [0, 0.1) is 0 Å². The molecular weight excluding hydrogens is 278 g/mol. The molecule has 0 spiro atoms. The summed E-state index contributed by atoms with van der Waals surface area (Å²) in [6.45, 7) is 8.45. The van der Waals surface area contributed by atoms with Crippen molar-refractivity contribution in [3.05, 3.63) is 42.7 Å². The van der Waals surface area contributed by atoms with Crippen molar-refractivity contribution in [2.45, 2.75) is 38.5 Å². The molecule has 1 unspecified atom stereocenters. The van der Waals surface area contributed by atoms with Gasteiger partial charge < -0.3 is 4.65 Å². The molecule has 0 fully saturated rings. The van der Waals surface area contributed by atoms with E-state index in [-0.39, 0.29) is 10.8 Å². The number of nitrogens with zero attached hydrogens (tertiary/aromatic N) is 2. The maximum absolute atomic E-state index is 5.95. The minimum Gasteiger partial charge on any atom is -0.429 e. The van der Waals surface area contributed by atoms with Crippen molar-refractivity contribution in [3.63, 3.8) is 0 Å². The fraction of sp³-hybridized carbons (Fsp3) is 0.375. The average molecular weight is 299 g/mol. The van der Waals surface area contributed by atoms with Crippen LogP contribution in [0.15, 0.2) is 42.7 Å². The van der Waals surface area contributed by atoms with Gasteiger partial charge >= 0.3 is 7.48 Å². The van der Waals surface area contributed by atoms with Gasteiger partial charge in [-0.3, -0.25) is 0 Å². The maximum Gasteiger partial charge on any atom is 0.330 e. The highest BCUT2D eigenvalue weighted by molar-refractivity contribution is 7.19. The molecule has 2 aromatic rings. The largest absolute Gasteiger partial charge is 0.429 e. The van der Waals surface area contributed by atoms with Crippen LogP contribution in [0.5, 0.6) is 0 Å². The van der Waals surface area contributed by atoms with Gasteiger partial charge in [0.15, 0.2) is 5.82 Å². The molecule has 1 radical (unpaired) electrons. The Labute approximate surface area is 130 Å². The molecule has 0 N–H and O–H groups in total. The Morgan fingerprint density at radius 2 is 1.57 bits per heavy atom. The normalized spacial score (nSPS) is 12.2. The van der Waals surface area contributed by atoms with Crippen molar-refractivity contribution in [2.24, 2.45) is 0 Å². The first kappa shape index (κ1) is 16.1. The van der Waals surface area contributed by atoms with E-state index >= 15 is 0 Å². The number of hydrogen-bond donors (Lipinski definition) is 0. The lowest BCUT2D eigenvalue weighted by Crippen LogP contribution is -2.45. The summed E-state index contributed by atoms with van der Waals surface area (Å²) in [4.78, 5) is 8.48. The molecule has 21 heavy (non-hydrogen) atoms. The molecule has 0 saturated carbocycles. The Kier molecular flexibility index (Phi) is 4.80. The van der Waals surface area contributed by atoms with E-state index in [2.05, 4.69) is 46.9 Å². The summed E-state index contributed by atoms with van der Waals surface area (Å²) in [5.41, 5.74) is 1.76. The zero-order chi connectivity index (χ0) is 15.5. The summed E-state index contributed by atoms with van der Waals surface area (Å²) in [5.74, 6) is 0.733. The molecule has 0 amide bonds. The van der Waals surface area contributed by atoms with Crippen LogP contribution in [0.25, 0.3) is 11.4 Å². The van der Waals surface area contributed by atoms with E-state index in [9.17, 15) is 0 Å². The molecule has 5 heteroatoms. The highest BCUT2D eigenvalue weighted by Crippen LogP contribution is 2.33. The van der Waals surface area contributed by atoms with Crippen LogP contribution in [0.2, 0.25) is 0 Å². The summed E-state index contributed by atoms with van der Waals surface area (Å²) in [6.07, 6.45) is 3.49. The van der Waals surface area contributed by atoms with Crippen LogP contribution in [-0.4, -0.2) is 28.2 Å². The second-order valence-corrected chi connectivity index (χ2v) is 7.61. The molecule has 2 rings (SSSR count). The van der Waals surface area contributed by atoms with Crippen LogP contribution in [0.3, 0.4) is 0 Å². The first-order valence-electron chi connectivity index (χ1n) is 6.97. The quantitative estimate of drug-likeness (QED) is 0.629. The van der Waals surface area contributed by atoms with Gasteiger partial charge in [0.2, 0.25) is 0 Å². The molecule has 1 aromatic heterocycles. The van der Waals surface area contributed by atoms with Crippen LogP contribution in [-0.2, 0) is 4.65 Å². The third-order valence-corrected chi connectivity index (χ3v) is 4.47. The van der Waals surface area contributed by atoms with Crippen LogP contribution in [0.1, 0.15) is 27.7 Å². The van der Waals surface area contributed by atoms with Crippen LogP contribution >= 0.6 is 9.24 Å². The molecule has 0 saturated heterocycles. The minimum atomic E-state index is -0.265. The Morgan fingerprint density at radius 1 is 1.00 bits per heavy atom. The first-order valence-corrected chi connectivity index (χ1v) is 7.55. The Hall–Kier alpha value is -1.25. The first-order chi connectivity index (χ1) is 9.79. The second-order valence-electron chi connectivity index (χ2n) is 6.16. The predicted molar refractivity (Wildman–Crippen MR) is 91.8 cm³/mol. The SMILES string of the molecule is CC(C)(P)C(C)(C)O[B]c1ccc(-c2ncccn2)cc1. The van der Waals surface area contributed by atoms with Crippen LogP contribution in [0.4, 0.5) is 0 Å². The van der Waals surface area contributed by atoms with Crippen molar-refractivity contribution in [2.75, 3.05) is 0 Å². The van der Waals surface area contributed by atoms with E-state index in [1.54, 1.807) is 19.9 Å². The van der Waals surface area contributed by atoms with E-state index in [1.807, 2.05) is 30.3 Å². The minimum absolute atomic E-state index is 0.0126. The predicted octanol–water partition coefficient (Wildman–Crippen LogP) is 2.84. The van der Waals surface area contributed by atoms with Crippen molar-refractivity contribution < 1.29 is 4.65 Å². The summed E-state index contributed by atoms with van der Waals surface area (Å²) in [6, 6.07) is 9.84. The smallest absolute Gasteiger partial charge is 0.330 e. The molecule has 0 bridgehead atoms. The molecule has 1 aromatic carbocycles. The number of benzene rings is 1. The molecule has 0 aliphatic rings. The van der Waals surface area contributed by atoms with E-state index in [1.165, 1.54) is 0 Å². The zero-order valence-electron chi connectivity index (χ0n) is 13.0. The lowest BCUT2D eigenvalue weighted by molar-refractivity contribution is 0.0841. The summed E-state index contributed by atoms with van der Waals surface area (Å²) in [7, 11) is 4.64. The molecule has 109 valence electrons.